The van der Waals surface area contributed by atoms with E-state index in [2.05, 4.69) is 13.5 Å². The van der Waals surface area contributed by atoms with Crippen LogP contribution in [-0.2, 0) is 4.74 Å². The molecule has 0 saturated heterocycles. The van der Waals surface area contributed by atoms with Crippen LogP contribution in [0.25, 0.3) is 0 Å². The van der Waals surface area contributed by atoms with E-state index in [1.165, 1.54) is 19.3 Å². The Morgan fingerprint density at radius 2 is 1.62 bits per heavy atom. The summed E-state index contributed by atoms with van der Waals surface area (Å²) in [7, 11) is 0. The molecule has 0 radical (unpaired) electrons. The normalized spacial score (nSPS) is 9.77. The van der Waals surface area contributed by atoms with Gasteiger partial charge in [-0.15, -0.1) is 6.58 Å². The maximum atomic E-state index is 5.25. The van der Waals surface area contributed by atoms with Gasteiger partial charge in [-0.1, -0.05) is 25.8 Å². The Morgan fingerprint density at radius 3 is 1.69 bits per heavy atom. The first-order valence-electron chi connectivity index (χ1n) is 5.30. The molecule has 80 valence electrons. The van der Waals surface area contributed by atoms with Gasteiger partial charge in [-0.25, -0.2) is 0 Å². The summed E-state index contributed by atoms with van der Waals surface area (Å²) in [6.45, 7) is 13.9. The number of hydrogen-bond donors (Lipinski definition) is 0. The van der Waals surface area contributed by atoms with E-state index in [0.717, 1.165) is 0 Å². The number of rotatable bonds is 5. The molecule has 0 unspecified atom stereocenters. The highest BCUT2D eigenvalue weighted by atomic mass is 16.5. The highest BCUT2D eigenvalue weighted by Crippen LogP contribution is 1.93. The third-order valence-corrected chi connectivity index (χ3v) is 1.31. The molecule has 0 aliphatic heterocycles. The van der Waals surface area contributed by atoms with Crippen LogP contribution < -0.4 is 0 Å². The maximum absolute atomic E-state index is 5.25. The predicted molar refractivity (Wildman–Crippen MR) is 61.1 cm³/mol. The Bertz CT molecular complexity index is 89.3. The molecule has 0 atom stereocenters. The molecule has 13 heavy (non-hydrogen) atoms. The van der Waals surface area contributed by atoms with E-state index in [1.807, 2.05) is 33.8 Å². The van der Waals surface area contributed by atoms with Gasteiger partial charge in [0, 0.05) is 0 Å². The van der Waals surface area contributed by atoms with Gasteiger partial charge in [-0.05, 0) is 34.1 Å². The lowest BCUT2D eigenvalue weighted by Crippen LogP contribution is -2.09. The van der Waals surface area contributed by atoms with E-state index in [0.29, 0.717) is 12.2 Å². The highest BCUT2D eigenvalue weighted by Gasteiger charge is 1.94. The SMILES string of the molecule is C=CCCCC.CC(C)OC(C)C. The maximum Gasteiger partial charge on any atom is 0.0522 e. The van der Waals surface area contributed by atoms with Gasteiger partial charge in [-0.3, -0.25) is 0 Å². The van der Waals surface area contributed by atoms with E-state index in [-0.39, 0.29) is 0 Å². The van der Waals surface area contributed by atoms with Crippen LogP contribution in [0, 0.1) is 0 Å². The summed E-state index contributed by atoms with van der Waals surface area (Å²) in [6, 6.07) is 0. The first kappa shape index (κ1) is 15.2. The first-order chi connectivity index (χ1) is 6.04. The molecule has 1 heteroatoms. The second kappa shape index (κ2) is 11.7. The van der Waals surface area contributed by atoms with E-state index in [9.17, 15) is 0 Å². The number of hydrogen-bond acceptors (Lipinski definition) is 1. The summed E-state index contributed by atoms with van der Waals surface area (Å²) in [5.74, 6) is 0. The van der Waals surface area contributed by atoms with Crippen molar-refractivity contribution in [2.45, 2.75) is 66.1 Å². The summed E-state index contributed by atoms with van der Waals surface area (Å²) in [5.41, 5.74) is 0. The molecule has 0 aromatic rings. The molecule has 1 nitrogen and oxygen atoms in total. The Hall–Kier alpha value is -0.300. The zero-order valence-electron chi connectivity index (χ0n) is 9.97. The Balaban J connectivity index is 0. The van der Waals surface area contributed by atoms with Gasteiger partial charge in [0.05, 0.1) is 12.2 Å². The largest absolute Gasteiger partial charge is 0.376 e. The molecule has 0 rings (SSSR count). The van der Waals surface area contributed by atoms with Crippen LogP contribution in [0.4, 0.5) is 0 Å². The van der Waals surface area contributed by atoms with Crippen LogP contribution >= 0.6 is 0 Å². The van der Waals surface area contributed by atoms with Gasteiger partial charge in [0.2, 0.25) is 0 Å². The van der Waals surface area contributed by atoms with Crippen molar-refractivity contribution in [1.29, 1.82) is 0 Å². The Kier molecular flexibility index (Phi) is 13.7. The monoisotopic (exact) mass is 186 g/mol. The fourth-order valence-electron chi connectivity index (χ4n) is 0.893. The molecule has 0 aliphatic rings. The second-order valence-corrected chi connectivity index (χ2v) is 3.66. The fourth-order valence-corrected chi connectivity index (χ4v) is 0.893. The van der Waals surface area contributed by atoms with Crippen molar-refractivity contribution >= 4 is 0 Å². The molecule has 0 spiro atoms. The van der Waals surface area contributed by atoms with Gasteiger partial charge in [0.25, 0.3) is 0 Å². The average Bonchev–Trinajstić information content (AvgIpc) is 1.99. The van der Waals surface area contributed by atoms with Crippen LogP contribution in [-0.4, -0.2) is 12.2 Å². The number of allylic oxidation sites excluding steroid dienone is 1. The lowest BCUT2D eigenvalue weighted by Gasteiger charge is -2.09. The summed E-state index contributed by atoms with van der Waals surface area (Å²) in [6.07, 6.45) is 6.47. The van der Waals surface area contributed by atoms with Gasteiger partial charge in [-0.2, -0.15) is 0 Å². The zero-order valence-corrected chi connectivity index (χ0v) is 9.97. The van der Waals surface area contributed by atoms with Crippen molar-refractivity contribution in [2.24, 2.45) is 0 Å². The Labute approximate surface area is 84.2 Å². The van der Waals surface area contributed by atoms with Crippen LogP contribution in [0.3, 0.4) is 0 Å². The lowest BCUT2D eigenvalue weighted by molar-refractivity contribution is 0.0300. The van der Waals surface area contributed by atoms with Crippen LogP contribution in [0.2, 0.25) is 0 Å². The molecule has 0 heterocycles. The standard InChI is InChI=1S/C6H14O.C6H12/c1-5(2)7-6(3)4;1-3-5-6-4-2/h5-6H,1-4H3;3H,1,4-6H2,2H3. The summed E-state index contributed by atoms with van der Waals surface area (Å²) >= 11 is 0. The van der Waals surface area contributed by atoms with E-state index in [1.54, 1.807) is 0 Å². The molecule has 0 saturated carbocycles. The molecular weight excluding hydrogens is 160 g/mol. The molecule has 0 amide bonds. The van der Waals surface area contributed by atoms with Gasteiger partial charge in [0.15, 0.2) is 0 Å². The number of unbranched alkanes of at least 4 members (excludes halogenated alkanes) is 2. The van der Waals surface area contributed by atoms with Gasteiger partial charge < -0.3 is 4.74 Å². The molecule has 0 fully saturated rings. The minimum Gasteiger partial charge on any atom is -0.376 e. The van der Waals surface area contributed by atoms with E-state index >= 15 is 0 Å². The third kappa shape index (κ3) is 24.5. The number of ether oxygens (including phenoxy) is 1. The fraction of sp³-hybridized carbons (Fsp3) is 0.833. The second-order valence-electron chi connectivity index (χ2n) is 3.66. The lowest BCUT2D eigenvalue weighted by atomic mass is 10.3. The van der Waals surface area contributed by atoms with Crippen molar-refractivity contribution in [3.05, 3.63) is 12.7 Å². The quantitative estimate of drug-likeness (QED) is 0.462. The highest BCUT2D eigenvalue weighted by molar-refractivity contribution is 4.64. The smallest absolute Gasteiger partial charge is 0.0522 e. The predicted octanol–water partition coefficient (Wildman–Crippen LogP) is 4.18. The summed E-state index contributed by atoms with van der Waals surface area (Å²) < 4.78 is 5.25. The summed E-state index contributed by atoms with van der Waals surface area (Å²) in [5, 5.41) is 0. The zero-order chi connectivity index (χ0) is 10.7. The molecule has 0 aromatic heterocycles. The molecule has 0 aromatic carbocycles. The van der Waals surface area contributed by atoms with Gasteiger partial charge >= 0.3 is 0 Å². The minimum absolute atomic E-state index is 0.375. The van der Waals surface area contributed by atoms with Crippen LogP contribution in [0.5, 0.6) is 0 Å². The minimum atomic E-state index is 0.375. The van der Waals surface area contributed by atoms with Crippen LogP contribution in [0.15, 0.2) is 12.7 Å². The average molecular weight is 186 g/mol. The molecule has 0 N–H and O–H groups in total. The Morgan fingerprint density at radius 1 is 1.15 bits per heavy atom. The summed E-state index contributed by atoms with van der Waals surface area (Å²) in [4.78, 5) is 0. The first-order valence-corrected chi connectivity index (χ1v) is 5.30. The third-order valence-electron chi connectivity index (χ3n) is 1.31. The van der Waals surface area contributed by atoms with Crippen molar-refractivity contribution in [3.63, 3.8) is 0 Å². The van der Waals surface area contributed by atoms with E-state index in [4.69, 9.17) is 4.74 Å². The van der Waals surface area contributed by atoms with Crippen molar-refractivity contribution in [1.82, 2.24) is 0 Å². The van der Waals surface area contributed by atoms with Gasteiger partial charge in [0.1, 0.15) is 0 Å². The van der Waals surface area contributed by atoms with Crippen molar-refractivity contribution in [2.75, 3.05) is 0 Å². The topological polar surface area (TPSA) is 9.23 Å². The molecular formula is C12H26O. The van der Waals surface area contributed by atoms with Crippen molar-refractivity contribution in [3.8, 4) is 0 Å². The molecule has 0 bridgehead atoms. The van der Waals surface area contributed by atoms with E-state index < -0.39 is 0 Å². The molecule has 0 aliphatic carbocycles. The van der Waals surface area contributed by atoms with Crippen molar-refractivity contribution < 1.29 is 4.74 Å². The van der Waals surface area contributed by atoms with Crippen LogP contribution in [0.1, 0.15) is 53.9 Å².